The SMILES string of the molecule is N#Cc1cc(CCl)c(Cl)c(C(=O)O)c1. The van der Waals surface area contributed by atoms with Gasteiger partial charge in [0.25, 0.3) is 0 Å². The molecule has 0 aliphatic rings. The lowest BCUT2D eigenvalue weighted by atomic mass is 10.1. The fraction of sp³-hybridized carbons (Fsp3) is 0.111. The Morgan fingerprint density at radius 2 is 2.21 bits per heavy atom. The summed E-state index contributed by atoms with van der Waals surface area (Å²) in [6.45, 7) is 0. The Morgan fingerprint density at radius 1 is 1.57 bits per heavy atom. The standard InChI is InChI=1S/C9H5Cl2NO2/c10-3-6-1-5(4-12)2-7(8(6)11)9(13)14/h1-2H,3H2,(H,13,14). The average molecular weight is 230 g/mol. The molecule has 0 aliphatic carbocycles. The quantitative estimate of drug-likeness (QED) is 0.794. The zero-order valence-corrected chi connectivity index (χ0v) is 8.43. The van der Waals surface area contributed by atoms with E-state index in [1.165, 1.54) is 12.1 Å². The molecule has 1 N–H and O–H groups in total. The molecular formula is C9H5Cl2NO2. The van der Waals surface area contributed by atoms with E-state index in [-0.39, 0.29) is 22.0 Å². The Balaban J connectivity index is 3.44. The molecule has 0 bridgehead atoms. The van der Waals surface area contributed by atoms with Gasteiger partial charge < -0.3 is 5.11 Å². The molecule has 5 heteroatoms. The van der Waals surface area contributed by atoms with E-state index in [0.717, 1.165) is 0 Å². The zero-order valence-electron chi connectivity index (χ0n) is 6.92. The lowest BCUT2D eigenvalue weighted by molar-refractivity contribution is 0.0697. The fourth-order valence-electron chi connectivity index (χ4n) is 1.00. The third-order valence-electron chi connectivity index (χ3n) is 1.65. The van der Waals surface area contributed by atoms with Crippen LogP contribution in [-0.2, 0) is 5.88 Å². The molecule has 0 saturated heterocycles. The van der Waals surface area contributed by atoms with Gasteiger partial charge in [-0.1, -0.05) is 11.6 Å². The van der Waals surface area contributed by atoms with Crippen molar-refractivity contribution in [3.05, 3.63) is 33.8 Å². The maximum absolute atomic E-state index is 10.7. The first kappa shape index (κ1) is 10.8. The van der Waals surface area contributed by atoms with Crippen LogP contribution >= 0.6 is 23.2 Å². The number of nitriles is 1. The summed E-state index contributed by atoms with van der Waals surface area (Å²) in [5.74, 6) is -1.09. The molecule has 0 aromatic heterocycles. The number of carboxylic acid groups (broad SMARTS) is 1. The second-order valence-electron chi connectivity index (χ2n) is 2.55. The van der Waals surface area contributed by atoms with E-state index < -0.39 is 5.97 Å². The fourth-order valence-corrected chi connectivity index (χ4v) is 1.54. The molecule has 1 aromatic rings. The van der Waals surface area contributed by atoms with Crippen LogP contribution in [0.25, 0.3) is 0 Å². The number of nitrogens with zero attached hydrogens (tertiary/aromatic N) is 1. The number of carbonyl (C=O) groups is 1. The summed E-state index contributed by atoms with van der Waals surface area (Å²) in [6.07, 6.45) is 0. The number of rotatable bonds is 2. The van der Waals surface area contributed by atoms with E-state index in [0.29, 0.717) is 5.56 Å². The monoisotopic (exact) mass is 229 g/mol. The van der Waals surface area contributed by atoms with E-state index >= 15 is 0 Å². The summed E-state index contributed by atoms with van der Waals surface area (Å²) in [5, 5.41) is 17.5. The summed E-state index contributed by atoms with van der Waals surface area (Å²) >= 11 is 11.3. The molecule has 14 heavy (non-hydrogen) atoms. The summed E-state index contributed by atoms with van der Waals surface area (Å²) in [6, 6.07) is 4.54. The highest BCUT2D eigenvalue weighted by Gasteiger charge is 2.13. The van der Waals surface area contributed by atoms with E-state index in [1.54, 1.807) is 0 Å². The van der Waals surface area contributed by atoms with Gasteiger partial charge in [0.15, 0.2) is 0 Å². The normalized spacial score (nSPS) is 9.50. The summed E-state index contributed by atoms with van der Waals surface area (Å²) in [5.41, 5.74) is 0.591. The molecule has 0 unspecified atom stereocenters. The minimum absolute atomic E-state index is 0.0780. The number of hydrogen-bond acceptors (Lipinski definition) is 2. The summed E-state index contributed by atoms with van der Waals surface area (Å²) in [7, 11) is 0. The van der Waals surface area contributed by atoms with Gasteiger partial charge in [0.1, 0.15) is 0 Å². The highest BCUT2D eigenvalue weighted by Crippen LogP contribution is 2.24. The lowest BCUT2D eigenvalue weighted by Gasteiger charge is -2.04. The second-order valence-corrected chi connectivity index (χ2v) is 3.19. The van der Waals surface area contributed by atoms with E-state index in [4.69, 9.17) is 33.6 Å². The second kappa shape index (κ2) is 4.32. The van der Waals surface area contributed by atoms with Crippen molar-refractivity contribution >= 4 is 29.2 Å². The van der Waals surface area contributed by atoms with Crippen molar-refractivity contribution < 1.29 is 9.90 Å². The number of alkyl halides is 1. The minimum Gasteiger partial charge on any atom is -0.478 e. The van der Waals surface area contributed by atoms with Crippen LogP contribution < -0.4 is 0 Å². The predicted octanol–water partition coefficient (Wildman–Crippen LogP) is 2.65. The minimum atomic E-state index is -1.17. The Bertz CT molecular complexity index is 424. The van der Waals surface area contributed by atoms with Crippen LogP contribution in [0.2, 0.25) is 5.02 Å². The van der Waals surface area contributed by atoms with Gasteiger partial charge in [0, 0.05) is 5.88 Å². The largest absolute Gasteiger partial charge is 0.478 e. The van der Waals surface area contributed by atoms with Crippen LogP contribution in [-0.4, -0.2) is 11.1 Å². The molecular weight excluding hydrogens is 225 g/mol. The first-order chi connectivity index (χ1) is 6.60. The van der Waals surface area contributed by atoms with Crippen molar-refractivity contribution in [1.82, 2.24) is 0 Å². The van der Waals surface area contributed by atoms with E-state index in [9.17, 15) is 4.79 Å². The van der Waals surface area contributed by atoms with Crippen molar-refractivity contribution in [3.8, 4) is 6.07 Å². The van der Waals surface area contributed by atoms with Gasteiger partial charge in [0.05, 0.1) is 22.2 Å². The molecule has 0 saturated carbocycles. The Morgan fingerprint density at radius 3 is 2.64 bits per heavy atom. The molecule has 72 valence electrons. The third-order valence-corrected chi connectivity index (χ3v) is 2.39. The summed E-state index contributed by atoms with van der Waals surface area (Å²) in [4.78, 5) is 10.7. The van der Waals surface area contributed by atoms with Crippen LogP contribution in [0.15, 0.2) is 12.1 Å². The van der Waals surface area contributed by atoms with Gasteiger partial charge in [0.2, 0.25) is 0 Å². The van der Waals surface area contributed by atoms with Crippen LogP contribution in [0.5, 0.6) is 0 Å². The van der Waals surface area contributed by atoms with Crippen molar-refractivity contribution in [2.24, 2.45) is 0 Å². The Kier molecular flexibility index (Phi) is 3.34. The van der Waals surface area contributed by atoms with Crippen LogP contribution in [0, 0.1) is 11.3 Å². The number of hydrogen-bond donors (Lipinski definition) is 1. The van der Waals surface area contributed by atoms with Crippen LogP contribution in [0.3, 0.4) is 0 Å². The highest BCUT2D eigenvalue weighted by atomic mass is 35.5. The molecule has 0 fully saturated rings. The summed E-state index contributed by atoms with van der Waals surface area (Å²) < 4.78 is 0. The molecule has 0 atom stereocenters. The maximum Gasteiger partial charge on any atom is 0.337 e. The highest BCUT2D eigenvalue weighted by molar-refractivity contribution is 6.35. The number of aromatic carboxylic acids is 1. The van der Waals surface area contributed by atoms with E-state index in [2.05, 4.69) is 0 Å². The molecule has 1 rings (SSSR count). The van der Waals surface area contributed by atoms with Crippen molar-refractivity contribution in [2.75, 3.05) is 0 Å². The maximum atomic E-state index is 10.7. The average Bonchev–Trinajstić information content (AvgIpc) is 2.17. The van der Waals surface area contributed by atoms with Gasteiger partial charge in [-0.2, -0.15) is 5.26 Å². The van der Waals surface area contributed by atoms with Crippen LogP contribution in [0.4, 0.5) is 0 Å². The topological polar surface area (TPSA) is 61.1 Å². The number of halogens is 2. The third kappa shape index (κ3) is 1.98. The number of benzene rings is 1. The Labute approximate surface area is 90.5 Å². The van der Waals surface area contributed by atoms with E-state index in [1.807, 2.05) is 6.07 Å². The van der Waals surface area contributed by atoms with Crippen molar-refractivity contribution in [1.29, 1.82) is 5.26 Å². The first-order valence-electron chi connectivity index (χ1n) is 3.62. The van der Waals surface area contributed by atoms with Gasteiger partial charge in [-0.25, -0.2) is 4.79 Å². The van der Waals surface area contributed by atoms with Crippen LogP contribution in [0.1, 0.15) is 21.5 Å². The van der Waals surface area contributed by atoms with Crippen molar-refractivity contribution in [2.45, 2.75) is 5.88 Å². The first-order valence-corrected chi connectivity index (χ1v) is 4.53. The number of carboxylic acids is 1. The molecule has 0 amide bonds. The molecule has 3 nitrogen and oxygen atoms in total. The molecule has 0 spiro atoms. The van der Waals surface area contributed by atoms with Gasteiger partial charge in [-0.05, 0) is 17.7 Å². The van der Waals surface area contributed by atoms with Crippen molar-refractivity contribution in [3.63, 3.8) is 0 Å². The molecule has 0 heterocycles. The molecule has 0 radical (unpaired) electrons. The van der Waals surface area contributed by atoms with Gasteiger partial charge >= 0.3 is 5.97 Å². The Hall–Kier alpha value is -1.24. The lowest BCUT2D eigenvalue weighted by Crippen LogP contribution is -2.00. The van der Waals surface area contributed by atoms with Gasteiger partial charge in [-0.3, -0.25) is 0 Å². The smallest absolute Gasteiger partial charge is 0.337 e. The van der Waals surface area contributed by atoms with Gasteiger partial charge in [-0.15, -0.1) is 11.6 Å². The molecule has 0 aliphatic heterocycles. The zero-order chi connectivity index (χ0) is 10.7. The predicted molar refractivity (Wildman–Crippen MR) is 52.7 cm³/mol. The molecule has 1 aromatic carbocycles.